The van der Waals surface area contributed by atoms with Crippen LogP contribution in [0.5, 0.6) is 0 Å². The lowest BCUT2D eigenvalue weighted by Crippen LogP contribution is -2.17. The number of aryl methyl sites for hydroxylation is 1. The van der Waals surface area contributed by atoms with Gasteiger partial charge < -0.3 is 14.3 Å². The lowest BCUT2D eigenvalue weighted by atomic mass is 10.2. The Bertz CT molecular complexity index is 1470. The highest BCUT2D eigenvalue weighted by atomic mass is 19.1. The molecule has 1 amide bonds. The summed E-state index contributed by atoms with van der Waals surface area (Å²) in [5, 5.41) is 3.51. The van der Waals surface area contributed by atoms with Crippen LogP contribution < -0.4 is 5.32 Å². The molecule has 0 fully saturated rings. The third-order valence-corrected chi connectivity index (χ3v) is 5.46. The predicted octanol–water partition coefficient (Wildman–Crippen LogP) is 5.43. The van der Waals surface area contributed by atoms with E-state index in [4.69, 9.17) is 0 Å². The number of aromatic nitrogens is 3. The monoisotopic (exact) mass is 430 g/mol. The first kappa shape index (κ1) is 19.9. The first-order valence-electron chi connectivity index (χ1n) is 10.3. The fourth-order valence-corrected chi connectivity index (χ4v) is 3.90. The molecule has 32 heavy (non-hydrogen) atoms. The summed E-state index contributed by atoms with van der Waals surface area (Å²) in [6.45, 7) is 2.31. The molecule has 0 saturated heterocycles. The molecular formula is C25H20F2N4O. The molecule has 0 radical (unpaired) electrons. The molecule has 0 saturated carbocycles. The molecule has 3 heterocycles. The van der Waals surface area contributed by atoms with E-state index in [1.54, 1.807) is 41.0 Å². The number of carbonyl (C=O) groups is 1. The summed E-state index contributed by atoms with van der Waals surface area (Å²) >= 11 is 0. The highest BCUT2D eigenvalue weighted by molar-refractivity contribution is 6.06. The van der Waals surface area contributed by atoms with E-state index >= 15 is 0 Å². The fourth-order valence-electron chi connectivity index (χ4n) is 3.90. The van der Waals surface area contributed by atoms with Crippen molar-refractivity contribution in [1.82, 2.24) is 14.0 Å². The van der Waals surface area contributed by atoms with Crippen LogP contribution in [-0.2, 0) is 13.0 Å². The Morgan fingerprint density at radius 1 is 1.03 bits per heavy atom. The molecule has 0 aliphatic heterocycles. The lowest BCUT2D eigenvalue weighted by Gasteiger charge is -2.12. The summed E-state index contributed by atoms with van der Waals surface area (Å²) in [5.74, 6) is -1.08. The number of nitrogens with zero attached hydrogens (tertiary/aromatic N) is 3. The smallest absolute Gasteiger partial charge is 0.272 e. The molecule has 0 aliphatic rings. The van der Waals surface area contributed by atoms with Crippen molar-refractivity contribution in [3.8, 4) is 0 Å². The van der Waals surface area contributed by atoms with Gasteiger partial charge >= 0.3 is 0 Å². The third-order valence-electron chi connectivity index (χ3n) is 5.46. The van der Waals surface area contributed by atoms with Gasteiger partial charge in [0.1, 0.15) is 23.0 Å². The van der Waals surface area contributed by atoms with Crippen LogP contribution in [0.15, 0.2) is 73.1 Å². The number of rotatable bonds is 5. The molecular weight excluding hydrogens is 410 g/mol. The standard InChI is InChI=1S/C25H20F2N4O/c1-2-20-15-30-9-8-21(13-24(30)28-20)29-25(32)23-12-17-11-19(27)6-7-22(17)31(23)14-16-4-3-5-18(26)10-16/h3-13,15H,2,14H2,1H3,(H,29,32). The Kier molecular flexibility index (Phi) is 4.93. The topological polar surface area (TPSA) is 51.3 Å². The number of anilines is 1. The van der Waals surface area contributed by atoms with E-state index in [0.717, 1.165) is 17.8 Å². The highest BCUT2D eigenvalue weighted by Crippen LogP contribution is 2.24. The van der Waals surface area contributed by atoms with E-state index < -0.39 is 0 Å². The number of imidazole rings is 1. The van der Waals surface area contributed by atoms with Crippen molar-refractivity contribution in [3.05, 3.63) is 102 Å². The van der Waals surface area contributed by atoms with Crippen LogP contribution in [0.4, 0.5) is 14.5 Å². The number of hydrogen-bond acceptors (Lipinski definition) is 2. The summed E-state index contributed by atoms with van der Waals surface area (Å²) in [7, 11) is 0. The van der Waals surface area contributed by atoms with Crippen LogP contribution in [0, 0.1) is 11.6 Å². The molecule has 7 heteroatoms. The first-order chi connectivity index (χ1) is 15.5. The van der Waals surface area contributed by atoms with Gasteiger partial charge in [-0.3, -0.25) is 4.79 Å². The van der Waals surface area contributed by atoms with Crippen molar-refractivity contribution in [2.24, 2.45) is 0 Å². The molecule has 0 unspecified atom stereocenters. The van der Waals surface area contributed by atoms with E-state index in [1.165, 1.54) is 24.3 Å². The average Bonchev–Trinajstić information content (AvgIpc) is 3.34. The van der Waals surface area contributed by atoms with E-state index in [1.807, 2.05) is 23.7 Å². The zero-order valence-electron chi connectivity index (χ0n) is 17.3. The van der Waals surface area contributed by atoms with Gasteiger partial charge in [-0.1, -0.05) is 19.1 Å². The maximum atomic E-state index is 13.8. The van der Waals surface area contributed by atoms with Crippen molar-refractivity contribution in [2.45, 2.75) is 19.9 Å². The number of benzene rings is 2. The van der Waals surface area contributed by atoms with Crippen LogP contribution >= 0.6 is 0 Å². The van der Waals surface area contributed by atoms with Crippen LogP contribution in [0.3, 0.4) is 0 Å². The second-order valence-electron chi connectivity index (χ2n) is 7.67. The van der Waals surface area contributed by atoms with Crippen LogP contribution in [-0.4, -0.2) is 19.9 Å². The number of hydrogen-bond donors (Lipinski definition) is 1. The number of carbonyl (C=O) groups excluding carboxylic acids is 1. The highest BCUT2D eigenvalue weighted by Gasteiger charge is 2.17. The molecule has 5 aromatic rings. The Balaban J connectivity index is 1.52. The third kappa shape index (κ3) is 3.73. The minimum absolute atomic E-state index is 0.273. The van der Waals surface area contributed by atoms with Gasteiger partial charge in [0.2, 0.25) is 0 Å². The Morgan fingerprint density at radius 3 is 2.69 bits per heavy atom. The van der Waals surface area contributed by atoms with Gasteiger partial charge in [-0.05, 0) is 54.4 Å². The van der Waals surface area contributed by atoms with Gasteiger partial charge in [0.25, 0.3) is 5.91 Å². The molecule has 160 valence electrons. The summed E-state index contributed by atoms with van der Waals surface area (Å²) in [4.78, 5) is 17.7. The van der Waals surface area contributed by atoms with Gasteiger partial charge in [0.15, 0.2) is 0 Å². The second kappa shape index (κ2) is 7.92. The lowest BCUT2D eigenvalue weighted by molar-refractivity contribution is 0.101. The van der Waals surface area contributed by atoms with E-state index in [2.05, 4.69) is 10.3 Å². The average molecular weight is 430 g/mol. The molecule has 5 rings (SSSR count). The zero-order chi connectivity index (χ0) is 22.2. The van der Waals surface area contributed by atoms with Crippen molar-refractivity contribution in [3.63, 3.8) is 0 Å². The number of nitrogens with one attached hydrogen (secondary N) is 1. The summed E-state index contributed by atoms with van der Waals surface area (Å²) in [6, 6.07) is 15.8. The number of halogens is 2. The number of fused-ring (bicyclic) bond motifs is 2. The fraction of sp³-hybridized carbons (Fsp3) is 0.120. The van der Waals surface area contributed by atoms with Gasteiger partial charge in [0.05, 0.1) is 5.69 Å². The van der Waals surface area contributed by atoms with Gasteiger partial charge in [-0.2, -0.15) is 0 Å². The summed E-state index contributed by atoms with van der Waals surface area (Å²) < 4.78 is 31.2. The predicted molar refractivity (Wildman–Crippen MR) is 120 cm³/mol. The summed E-state index contributed by atoms with van der Waals surface area (Å²) in [5.41, 5.74) is 4.05. The summed E-state index contributed by atoms with van der Waals surface area (Å²) in [6.07, 6.45) is 4.61. The maximum Gasteiger partial charge on any atom is 0.272 e. The second-order valence-corrected chi connectivity index (χ2v) is 7.67. The van der Waals surface area contributed by atoms with E-state index in [-0.39, 0.29) is 24.1 Å². The SMILES string of the molecule is CCc1cn2ccc(NC(=O)c3cc4cc(F)ccc4n3Cc3cccc(F)c3)cc2n1. The molecule has 0 spiro atoms. The van der Waals surface area contributed by atoms with Crippen LogP contribution in [0.25, 0.3) is 16.6 Å². The Labute approximate surface area is 182 Å². The Hall–Kier alpha value is -4.00. The zero-order valence-corrected chi connectivity index (χ0v) is 17.3. The minimum Gasteiger partial charge on any atom is -0.332 e. The molecule has 2 aromatic carbocycles. The van der Waals surface area contributed by atoms with E-state index in [9.17, 15) is 13.6 Å². The van der Waals surface area contributed by atoms with Crippen molar-refractivity contribution in [1.29, 1.82) is 0 Å². The van der Waals surface area contributed by atoms with Gasteiger partial charge in [0, 0.05) is 41.6 Å². The van der Waals surface area contributed by atoms with E-state index in [0.29, 0.717) is 27.8 Å². The van der Waals surface area contributed by atoms with Crippen molar-refractivity contribution >= 4 is 28.1 Å². The first-order valence-corrected chi connectivity index (χ1v) is 10.3. The molecule has 0 atom stereocenters. The minimum atomic E-state index is -0.385. The van der Waals surface area contributed by atoms with Crippen molar-refractivity contribution < 1.29 is 13.6 Å². The normalized spacial score (nSPS) is 11.3. The number of amides is 1. The quantitative estimate of drug-likeness (QED) is 0.404. The van der Waals surface area contributed by atoms with Gasteiger partial charge in [-0.15, -0.1) is 0 Å². The van der Waals surface area contributed by atoms with Crippen LogP contribution in [0.1, 0.15) is 28.7 Å². The largest absolute Gasteiger partial charge is 0.332 e. The van der Waals surface area contributed by atoms with Crippen molar-refractivity contribution in [2.75, 3.05) is 5.32 Å². The molecule has 3 aromatic heterocycles. The molecule has 0 aliphatic carbocycles. The molecule has 1 N–H and O–H groups in total. The van der Waals surface area contributed by atoms with Crippen LogP contribution in [0.2, 0.25) is 0 Å². The Morgan fingerprint density at radius 2 is 1.88 bits per heavy atom. The number of pyridine rings is 1. The molecule has 5 nitrogen and oxygen atoms in total. The molecule has 0 bridgehead atoms. The maximum absolute atomic E-state index is 13.8. The van der Waals surface area contributed by atoms with Gasteiger partial charge in [-0.25, -0.2) is 13.8 Å².